The smallest absolute Gasteiger partial charge is 0.309 e. The zero-order valence-corrected chi connectivity index (χ0v) is 17.9. The zero-order valence-electron chi connectivity index (χ0n) is 17.1. The number of hydrogen-bond donors (Lipinski definition) is 1. The van der Waals surface area contributed by atoms with Gasteiger partial charge in [0, 0.05) is 25.9 Å². The summed E-state index contributed by atoms with van der Waals surface area (Å²) in [5, 5.41) is 4.50. The van der Waals surface area contributed by atoms with Gasteiger partial charge in [0.1, 0.15) is 4.90 Å². The molecule has 1 aliphatic rings. The van der Waals surface area contributed by atoms with Crippen molar-refractivity contribution < 1.29 is 22.8 Å². The van der Waals surface area contributed by atoms with Crippen LogP contribution >= 0.6 is 0 Å². The molecule has 0 amide bonds. The molecule has 9 heteroatoms. The number of sulfonamides is 1. The Morgan fingerprint density at radius 1 is 1.22 bits per heavy atom. The molecule has 1 saturated heterocycles. The van der Waals surface area contributed by atoms with Crippen LogP contribution in [0.1, 0.15) is 45.0 Å². The van der Waals surface area contributed by atoms with Gasteiger partial charge in [-0.2, -0.15) is 9.40 Å². The van der Waals surface area contributed by atoms with E-state index in [1.54, 1.807) is 11.6 Å². The Bertz CT molecular complexity index is 748. The molecule has 0 bridgehead atoms. The number of ether oxygens (including phenoxy) is 1. The van der Waals surface area contributed by atoms with E-state index in [4.69, 9.17) is 4.74 Å². The molecule has 0 atom stereocenters. The second-order valence-corrected chi connectivity index (χ2v) is 8.90. The molecule has 0 radical (unpaired) electrons. The number of carbonyl (C=O) groups excluding carboxylic acids is 1. The fourth-order valence-corrected chi connectivity index (χ4v) is 5.62. The monoisotopic (exact) mass is 401 g/mol. The van der Waals surface area contributed by atoms with Gasteiger partial charge in [0.25, 0.3) is 0 Å². The Morgan fingerprint density at radius 3 is 2.33 bits per heavy atom. The van der Waals surface area contributed by atoms with E-state index in [0.717, 1.165) is 25.9 Å². The Morgan fingerprint density at radius 2 is 1.81 bits per heavy atom. The molecule has 1 aromatic rings. The second kappa shape index (κ2) is 9.16. The molecular formula is C18H33N4O4S+. The first-order chi connectivity index (χ1) is 12.8. The topological polar surface area (TPSA) is 85.9 Å². The Hall–Kier alpha value is -1.45. The van der Waals surface area contributed by atoms with Gasteiger partial charge in [-0.15, -0.1) is 0 Å². The van der Waals surface area contributed by atoms with Crippen molar-refractivity contribution in [1.29, 1.82) is 0 Å². The summed E-state index contributed by atoms with van der Waals surface area (Å²) >= 11 is 0. The molecule has 2 heterocycles. The van der Waals surface area contributed by atoms with E-state index in [1.807, 2.05) is 27.7 Å². The third kappa shape index (κ3) is 4.70. The predicted molar refractivity (Wildman–Crippen MR) is 102 cm³/mol. The van der Waals surface area contributed by atoms with Gasteiger partial charge < -0.3 is 9.64 Å². The molecule has 0 aliphatic carbocycles. The molecule has 2 rings (SSSR count). The maximum Gasteiger partial charge on any atom is 0.309 e. The van der Waals surface area contributed by atoms with Crippen molar-refractivity contribution in [1.82, 2.24) is 14.1 Å². The largest absolute Gasteiger partial charge is 0.466 e. The fraction of sp³-hybridized carbons (Fsp3) is 0.778. The molecule has 0 aromatic carbocycles. The van der Waals surface area contributed by atoms with E-state index < -0.39 is 10.0 Å². The average molecular weight is 402 g/mol. The molecule has 0 unspecified atom stereocenters. The van der Waals surface area contributed by atoms with E-state index in [2.05, 4.69) is 5.10 Å². The van der Waals surface area contributed by atoms with Crippen LogP contribution in [0.3, 0.4) is 0 Å². The summed E-state index contributed by atoms with van der Waals surface area (Å²) < 4.78 is 34.2. The van der Waals surface area contributed by atoms with Crippen LogP contribution in [0.2, 0.25) is 0 Å². The lowest BCUT2D eigenvalue weighted by Gasteiger charge is -2.28. The fourth-order valence-electron chi connectivity index (χ4n) is 3.79. The summed E-state index contributed by atoms with van der Waals surface area (Å²) in [6.45, 7) is 12.7. The summed E-state index contributed by atoms with van der Waals surface area (Å²) in [7, 11) is -3.53. The molecule has 0 spiro atoms. The molecule has 154 valence electrons. The second-order valence-electron chi connectivity index (χ2n) is 7.02. The van der Waals surface area contributed by atoms with Crippen LogP contribution < -0.4 is 4.90 Å². The Kier molecular flexibility index (Phi) is 7.41. The number of aryl methyl sites for hydroxylation is 1. The van der Waals surface area contributed by atoms with E-state index in [0.29, 0.717) is 42.6 Å². The number of carbonyl (C=O) groups is 1. The van der Waals surface area contributed by atoms with Gasteiger partial charge >= 0.3 is 5.97 Å². The third-order valence-corrected chi connectivity index (χ3v) is 7.61. The number of esters is 1. The molecule has 1 aliphatic heterocycles. The van der Waals surface area contributed by atoms with Gasteiger partial charge in [-0.3, -0.25) is 4.79 Å². The van der Waals surface area contributed by atoms with Crippen LogP contribution in [0, 0.1) is 19.8 Å². The van der Waals surface area contributed by atoms with Gasteiger partial charge in [-0.1, -0.05) is 13.8 Å². The van der Waals surface area contributed by atoms with Crippen molar-refractivity contribution >= 4 is 16.0 Å². The van der Waals surface area contributed by atoms with Crippen molar-refractivity contribution in [3.05, 3.63) is 11.4 Å². The highest BCUT2D eigenvalue weighted by atomic mass is 32.2. The van der Waals surface area contributed by atoms with Crippen molar-refractivity contribution in [2.24, 2.45) is 5.92 Å². The van der Waals surface area contributed by atoms with Crippen LogP contribution in [-0.4, -0.2) is 61.3 Å². The molecule has 1 aromatic heterocycles. The first-order valence-electron chi connectivity index (χ1n) is 9.80. The summed E-state index contributed by atoms with van der Waals surface area (Å²) in [5.74, 6) is -0.122. The third-order valence-electron chi connectivity index (χ3n) is 5.30. The van der Waals surface area contributed by atoms with Gasteiger partial charge in [-0.25, -0.2) is 13.1 Å². The minimum absolute atomic E-state index is 0.0206. The van der Waals surface area contributed by atoms with Crippen LogP contribution in [0.25, 0.3) is 0 Å². The molecule has 27 heavy (non-hydrogen) atoms. The van der Waals surface area contributed by atoms with E-state index in [9.17, 15) is 13.2 Å². The minimum Gasteiger partial charge on any atom is -0.466 e. The lowest BCUT2D eigenvalue weighted by molar-refractivity contribution is -0.929. The summed E-state index contributed by atoms with van der Waals surface area (Å²) in [6, 6.07) is 0. The maximum absolute atomic E-state index is 12.9. The summed E-state index contributed by atoms with van der Waals surface area (Å²) in [4.78, 5) is 13.5. The van der Waals surface area contributed by atoms with Crippen LogP contribution in [0.4, 0.5) is 0 Å². The Balaban J connectivity index is 2.11. The van der Waals surface area contributed by atoms with Crippen molar-refractivity contribution in [2.45, 2.75) is 59.0 Å². The Labute approximate surface area is 162 Å². The van der Waals surface area contributed by atoms with E-state index >= 15 is 0 Å². The molecule has 0 saturated carbocycles. The van der Waals surface area contributed by atoms with Gasteiger partial charge in [0.15, 0.2) is 6.67 Å². The zero-order chi connectivity index (χ0) is 20.2. The number of hydrogen-bond acceptors (Lipinski definition) is 5. The van der Waals surface area contributed by atoms with E-state index in [1.165, 1.54) is 9.21 Å². The average Bonchev–Trinajstić information content (AvgIpc) is 2.90. The lowest BCUT2D eigenvalue weighted by atomic mass is 9.97. The first-order valence-corrected chi connectivity index (χ1v) is 11.2. The number of nitrogens with one attached hydrogen (secondary N) is 1. The summed E-state index contributed by atoms with van der Waals surface area (Å²) in [6.07, 6.45) is 1.58. The first kappa shape index (κ1) is 21.8. The number of aromatic nitrogens is 2. The SMILES string of the molecule is CCOC(=O)C1CC[NH+](Cn2nc(C)c(S(=O)(=O)N(CC)CC)c2C)CC1. The molecule has 1 fully saturated rings. The van der Waals surface area contributed by atoms with Gasteiger partial charge in [0.2, 0.25) is 10.0 Å². The van der Waals surface area contributed by atoms with Crippen LogP contribution in [0.5, 0.6) is 0 Å². The summed E-state index contributed by atoms with van der Waals surface area (Å²) in [5.41, 5.74) is 1.22. The highest BCUT2D eigenvalue weighted by Gasteiger charge is 2.32. The molecule has 1 N–H and O–H groups in total. The number of likely N-dealkylation sites (tertiary alicyclic amines) is 1. The minimum atomic E-state index is -3.53. The number of rotatable bonds is 8. The molecular weight excluding hydrogens is 368 g/mol. The maximum atomic E-state index is 12.9. The van der Waals surface area contributed by atoms with Crippen molar-refractivity contribution in [2.75, 3.05) is 32.8 Å². The normalized spacial score (nSPS) is 20.8. The number of quaternary nitrogens is 1. The van der Waals surface area contributed by atoms with Gasteiger partial charge in [-0.05, 0) is 20.8 Å². The standard InChI is InChI=1S/C18H32N4O4S/c1-6-21(7-2)27(24,25)17-14(4)19-22(15(17)5)13-20-11-9-16(10-12-20)18(23)26-8-3/h16H,6-13H2,1-5H3/p+1. The number of piperidine rings is 1. The highest BCUT2D eigenvalue weighted by molar-refractivity contribution is 7.89. The number of nitrogens with zero attached hydrogens (tertiary/aromatic N) is 3. The lowest BCUT2D eigenvalue weighted by Crippen LogP contribution is -3.12. The van der Waals surface area contributed by atoms with E-state index in [-0.39, 0.29) is 11.9 Å². The van der Waals surface area contributed by atoms with Gasteiger partial charge in [0.05, 0.1) is 37.0 Å². The highest BCUT2D eigenvalue weighted by Crippen LogP contribution is 2.23. The van der Waals surface area contributed by atoms with Crippen LogP contribution in [0.15, 0.2) is 4.90 Å². The van der Waals surface area contributed by atoms with Crippen LogP contribution in [-0.2, 0) is 26.2 Å². The predicted octanol–water partition coefficient (Wildman–Crippen LogP) is 0.346. The quantitative estimate of drug-likeness (QED) is 0.635. The molecule has 8 nitrogen and oxygen atoms in total. The van der Waals surface area contributed by atoms with Crippen molar-refractivity contribution in [3.8, 4) is 0 Å². The van der Waals surface area contributed by atoms with Crippen molar-refractivity contribution in [3.63, 3.8) is 0 Å².